The van der Waals surface area contributed by atoms with Crippen LogP contribution in [-0.2, 0) is 11.4 Å². The van der Waals surface area contributed by atoms with Crippen LogP contribution in [-0.4, -0.2) is 22.7 Å². The van der Waals surface area contributed by atoms with Gasteiger partial charge in [0.15, 0.2) is 0 Å². The Morgan fingerprint density at radius 3 is 2.62 bits per heavy atom. The number of amides is 1. The zero-order valence-corrected chi connectivity index (χ0v) is 19.2. The van der Waals surface area contributed by atoms with E-state index < -0.39 is 5.91 Å². The van der Waals surface area contributed by atoms with Gasteiger partial charge in [0.2, 0.25) is 0 Å². The van der Waals surface area contributed by atoms with E-state index >= 15 is 0 Å². The molecule has 0 spiro atoms. The molecule has 4 rings (SSSR count). The van der Waals surface area contributed by atoms with Crippen molar-refractivity contribution in [2.75, 3.05) is 7.05 Å². The van der Waals surface area contributed by atoms with Gasteiger partial charge in [-0.1, -0.05) is 60.1 Å². The Morgan fingerprint density at radius 2 is 1.88 bits per heavy atom. The number of carbonyl (C=O) groups excluding carboxylic acids is 1. The van der Waals surface area contributed by atoms with Crippen LogP contribution in [0.25, 0.3) is 23.0 Å². The van der Waals surface area contributed by atoms with E-state index in [0.717, 1.165) is 16.8 Å². The van der Waals surface area contributed by atoms with E-state index in [0.29, 0.717) is 28.6 Å². The van der Waals surface area contributed by atoms with Crippen LogP contribution >= 0.6 is 11.6 Å². The zero-order chi connectivity index (χ0) is 23.9. The Morgan fingerprint density at radius 1 is 1.12 bits per heavy atom. The number of carbonyl (C=O) groups is 1. The van der Waals surface area contributed by atoms with Gasteiger partial charge < -0.3 is 10.1 Å². The van der Waals surface area contributed by atoms with Crippen molar-refractivity contribution in [2.24, 2.45) is 0 Å². The number of benzene rings is 3. The predicted molar refractivity (Wildman–Crippen MR) is 132 cm³/mol. The minimum atomic E-state index is -0.460. The number of hydrogen-bond donors (Lipinski definition) is 1. The molecular formula is C27H21ClN4O2. The minimum Gasteiger partial charge on any atom is -0.489 e. The van der Waals surface area contributed by atoms with Crippen LogP contribution < -0.4 is 10.1 Å². The third-order valence-corrected chi connectivity index (χ3v) is 5.48. The highest BCUT2D eigenvalue weighted by atomic mass is 35.5. The van der Waals surface area contributed by atoms with Crippen molar-refractivity contribution in [1.29, 1.82) is 5.26 Å². The van der Waals surface area contributed by atoms with Gasteiger partial charge >= 0.3 is 0 Å². The normalized spacial score (nSPS) is 11.0. The Kier molecular flexibility index (Phi) is 7.07. The highest BCUT2D eigenvalue weighted by Gasteiger charge is 2.15. The number of para-hydroxylation sites is 1. The summed E-state index contributed by atoms with van der Waals surface area (Å²) in [6.07, 6.45) is 3.33. The molecule has 0 fully saturated rings. The van der Waals surface area contributed by atoms with Gasteiger partial charge in [0.05, 0.1) is 5.69 Å². The summed E-state index contributed by atoms with van der Waals surface area (Å²) in [5.74, 6) is 0.186. The molecule has 0 aliphatic heterocycles. The van der Waals surface area contributed by atoms with Crippen molar-refractivity contribution < 1.29 is 9.53 Å². The molecule has 0 saturated heterocycles. The molecule has 168 valence electrons. The van der Waals surface area contributed by atoms with Crippen LogP contribution in [0.5, 0.6) is 5.75 Å². The summed E-state index contributed by atoms with van der Waals surface area (Å²) in [4.78, 5) is 12.1. The maximum atomic E-state index is 12.1. The summed E-state index contributed by atoms with van der Waals surface area (Å²) in [6, 6.07) is 26.6. The van der Waals surface area contributed by atoms with Crippen molar-refractivity contribution in [3.63, 3.8) is 0 Å². The van der Waals surface area contributed by atoms with E-state index in [1.54, 1.807) is 10.9 Å². The summed E-state index contributed by atoms with van der Waals surface area (Å²) in [6.45, 7) is 0.323. The largest absolute Gasteiger partial charge is 0.489 e. The van der Waals surface area contributed by atoms with Crippen LogP contribution in [0.2, 0.25) is 5.02 Å². The van der Waals surface area contributed by atoms with Gasteiger partial charge in [-0.05, 0) is 36.4 Å². The Bertz CT molecular complexity index is 1390. The lowest BCUT2D eigenvalue weighted by molar-refractivity contribution is -0.116. The van der Waals surface area contributed by atoms with E-state index in [1.165, 1.54) is 13.1 Å². The fraction of sp³-hybridized carbons (Fsp3) is 0.0741. The molecule has 7 heteroatoms. The number of halogens is 1. The van der Waals surface area contributed by atoms with E-state index in [4.69, 9.17) is 21.4 Å². The van der Waals surface area contributed by atoms with Crippen LogP contribution in [0, 0.1) is 11.3 Å². The van der Waals surface area contributed by atoms with Gasteiger partial charge in [-0.25, -0.2) is 4.68 Å². The number of rotatable bonds is 7. The summed E-state index contributed by atoms with van der Waals surface area (Å²) < 4.78 is 7.69. The predicted octanol–water partition coefficient (Wildman–Crippen LogP) is 5.42. The number of hydrogen-bond acceptors (Lipinski definition) is 4. The van der Waals surface area contributed by atoms with Crippen molar-refractivity contribution in [3.05, 3.63) is 107 Å². The molecule has 1 amide bonds. The lowest BCUT2D eigenvalue weighted by Gasteiger charge is -2.09. The first-order valence-corrected chi connectivity index (χ1v) is 10.9. The number of nitrogens with one attached hydrogen (secondary N) is 1. The molecule has 0 radical (unpaired) electrons. The molecule has 4 aromatic rings. The van der Waals surface area contributed by atoms with Crippen molar-refractivity contribution >= 4 is 23.6 Å². The maximum absolute atomic E-state index is 12.1. The van der Waals surface area contributed by atoms with Crippen molar-refractivity contribution in [2.45, 2.75) is 6.61 Å². The molecule has 1 heterocycles. The molecule has 0 atom stereocenters. The maximum Gasteiger partial charge on any atom is 0.261 e. The molecule has 0 bridgehead atoms. The third kappa shape index (κ3) is 5.17. The van der Waals surface area contributed by atoms with Crippen LogP contribution in [0.15, 0.2) is 90.6 Å². The van der Waals surface area contributed by atoms with Gasteiger partial charge in [-0.3, -0.25) is 4.79 Å². The standard InChI is InChI=1S/C27H21ClN4O2/c1-30-27(33)21(16-29)14-22-17-32(23-10-3-2-4-11-23)31-26(22)19-9-7-12-24(15-19)34-18-20-8-5-6-13-25(20)28/h2-15,17H,18H2,1H3,(H,30,33)/b21-14-. The summed E-state index contributed by atoms with van der Waals surface area (Å²) in [5.41, 5.74) is 3.76. The highest BCUT2D eigenvalue weighted by Crippen LogP contribution is 2.29. The SMILES string of the molecule is CNC(=O)/C(C#N)=C\c1cn(-c2ccccc2)nc1-c1cccc(OCc2ccccc2Cl)c1. The topological polar surface area (TPSA) is 79.9 Å². The lowest BCUT2D eigenvalue weighted by Crippen LogP contribution is -2.19. The Balaban J connectivity index is 1.73. The average molecular weight is 469 g/mol. The molecule has 6 nitrogen and oxygen atoms in total. The molecule has 34 heavy (non-hydrogen) atoms. The Hall–Kier alpha value is -4.34. The monoisotopic (exact) mass is 468 g/mol. The summed E-state index contributed by atoms with van der Waals surface area (Å²) in [7, 11) is 1.49. The van der Waals surface area contributed by atoms with Gasteiger partial charge in [-0.15, -0.1) is 0 Å². The fourth-order valence-electron chi connectivity index (χ4n) is 3.38. The lowest BCUT2D eigenvalue weighted by atomic mass is 10.1. The summed E-state index contributed by atoms with van der Waals surface area (Å²) in [5, 5.41) is 17.4. The second-order valence-corrected chi connectivity index (χ2v) is 7.78. The number of aromatic nitrogens is 2. The number of nitrogens with zero attached hydrogens (tertiary/aromatic N) is 3. The van der Waals surface area contributed by atoms with Gasteiger partial charge in [0, 0.05) is 35.0 Å². The second kappa shape index (κ2) is 10.5. The molecule has 0 saturated carbocycles. The zero-order valence-electron chi connectivity index (χ0n) is 18.4. The highest BCUT2D eigenvalue weighted by molar-refractivity contribution is 6.31. The molecule has 1 N–H and O–H groups in total. The van der Waals surface area contributed by atoms with E-state index in [9.17, 15) is 10.1 Å². The van der Waals surface area contributed by atoms with Gasteiger partial charge in [0.1, 0.15) is 29.7 Å². The van der Waals surface area contributed by atoms with Crippen molar-refractivity contribution in [1.82, 2.24) is 15.1 Å². The third-order valence-electron chi connectivity index (χ3n) is 5.11. The molecule has 0 unspecified atom stereocenters. The first-order valence-electron chi connectivity index (χ1n) is 10.5. The first kappa shape index (κ1) is 22.8. The van der Waals surface area contributed by atoms with E-state index in [1.807, 2.05) is 84.9 Å². The van der Waals surface area contributed by atoms with Crippen LogP contribution in [0.4, 0.5) is 0 Å². The van der Waals surface area contributed by atoms with E-state index in [2.05, 4.69) is 5.32 Å². The second-order valence-electron chi connectivity index (χ2n) is 7.37. The molecule has 0 aliphatic carbocycles. The molecular weight excluding hydrogens is 448 g/mol. The summed E-state index contributed by atoms with van der Waals surface area (Å²) >= 11 is 6.24. The van der Waals surface area contributed by atoms with Crippen LogP contribution in [0.3, 0.4) is 0 Å². The number of ether oxygens (including phenoxy) is 1. The van der Waals surface area contributed by atoms with Gasteiger partial charge in [0.25, 0.3) is 5.91 Å². The molecule has 3 aromatic carbocycles. The quantitative estimate of drug-likeness (QED) is 0.290. The molecule has 0 aliphatic rings. The number of nitriles is 1. The van der Waals surface area contributed by atoms with Crippen molar-refractivity contribution in [3.8, 4) is 28.8 Å². The van der Waals surface area contributed by atoms with E-state index in [-0.39, 0.29) is 5.57 Å². The van der Waals surface area contributed by atoms with Crippen LogP contribution in [0.1, 0.15) is 11.1 Å². The fourth-order valence-corrected chi connectivity index (χ4v) is 3.57. The minimum absolute atomic E-state index is 0.0116. The molecule has 1 aromatic heterocycles. The first-order chi connectivity index (χ1) is 16.6. The Labute approximate surface area is 202 Å². The van der Waals surface area contributed by atoms with Gasteiger partial charge in [-0.2, -0.15) is 10.4 Å². The average Bonchev–Trinajstić information content (AvgIpc) is 3.31. The number of likely N-dealkylation sites (N-methyl/N-ethyl adjacent to an activating group) is 1. The smallest absolute Gasteiger partial charge is 0.261 e.